The molecule has 0 unspecified atom stereocenters. The van der Waals surface area contributed by atoms with Gasteiger partial charge >= 0.3 is 0 Å². The molecule has 1 amide bonds. The topological polar surface area (TPSA) is 84.3 Å². The second-order valence-corrected chi connectivity index (χ2v) is 12.2. The number of sulfonamides is 1. The Bertz CT molecular complexity index is 1550. The van der Waals surface area contributed by atoms with Crippen molar-refractivity contribution in [2.75, 3.05) is 18.4 Å². The summed E-state index contributed by atoms with van der Waals surface area (Å²) in [6.45, 7) is 1.94. The summed E-state index contributed by atoms with van der Waals surface area (Å²) >= 11 is 12.0. The molecule has 1 fully saturated rings. The van der Waals surface area contributed by atoms with Crippen molar-refractivity contribution in [1.82, 2.24) is 13.9 Å². The first-order valence-electron chi connectivity index (χ1n) is 12.2. The number of hydrogen-bond acceptors (Lipinski definition) is 4. The Kier molecular flexibility index (Phi) is 7.59. The molecule has 0 bridgehead atoms. The van der Waals surface area contributed by atoms with Crippen LogP contribution in [0.5, 0.6) is 0 Å². The highest BCUT2D eigenvalue weighted by molar-refractivity contribution is 7.89. The van der Waals surface area contributed by atoms with E-state index in [0.717, 1.165) is 29.7 Å². The number of benzene rings is 3. The van der Waals surface area contributed by atoms with Crippen LogP contribution >= 0.6 is 23.2 Å². The van der Waals surface area contributed by atoms with Crippen LogP contribution < -0.4 is 5.32 Å². The maximum absolute atomic E-state index is 13.4. The molecule has 1 saturated carbocycles. The lowest BCUT2D eigenvalue weighted by Crippen LogP contribution is -2.39. The van der Waals surface area contributed by atoms with Crippen LogP contribution in [0.4, 0.5) is 5.95 Å². The van der Waals surface area contributed by atoms with Gasteiger partial charge in [-0.05, 0) is 74.2 Å². The van der Waals surface area contributed by atoms with Crippen molar-refractivity contribution in [3.63, 3.8) is 0 Å². The van der Waals surface area contributed by atoms with Crippen LogP contribution in [-0.2, 0) is 14.8 Å². The molecule has 7 nitrogen and oxygen atoms in total. The van der Waals surface area contributed by atoms with Gasteiger partial charge in [0.25, 0.3) is 0 Å². The molecule has 0 spiro atoms. The van der Waals surface area contributed by atoms with Crippen molar-refractivity contribution in [2.45, 2.75) is 24.7 Å². The number of carbonyl (C=O) groups is 1. The largest absolute Gasteiger partial charge is 0.294 e. The summed E-state index contributed by atoms with van der Waals surface area (Å²) < 4.78 is 29.8. The zero-order chi connectivity index (χ0) is 26.9. The molecule has 4 aromatic rings. The summed E-state index contributed by atoms with van der Waals surface area (Å²) in [5.74, 6) is 0.0554. The van der Waals surface area contributed by atoms with Gasteiger partial charge in [0, 0.05) is 34.0 Å². The zero-order valence-electron chi connectivity index (χ0n) is 20.6. The molecule has 1 aliphatic carbocycles. The standard InChI is InChI=1S/C28H26Cl2N4O3S/c1-19-2-12-24(13-3-19)34-17-26(21-6-8-22(29)9-7-21)31-28(34)32-27(35)18-33(16-20-4-5-20)38(36,37)25-14-10-23(30)11-15-25/h2-3,6-15,17,20H,4-5,16,18H2,1H3,(H,31,32,35). The number of anilines is 1. The Hall–Kier alpha value is -3.17. The second kappa shape index (κ2) is 10.9. The number of aryl methyl sites for hydroxylation is 1. The van der Waals surface area contributed by atoms with E-state index in [2.05, 4.69) is 10.3 Å². The fourth-order valence-electron chi connectivity index (χ4n) is 4.05. The normalized spacial score (nSPS) is 13.6. The van der Waals surface area contributed by atoms with Gasteiger partial charge in [0.2, 0.25) is 21.9 Å². The van der Waals surface area contributed by atoms with E-state index in [1.165, 1.54) is 28.6 Å². The Balaban J connectivity index is 1.43. The molecule has 3 aromatic carbocycles. The highest BCUT2D eigenvalue weighted by atomic mass is 35.5. The summed E-state index contributed by atoms with van der Waals surface area (Å²) in [4.78, 5) is 18.0. The summed E-state index contributed by atoms with van der Waals surface area (Å²) in [5, 5.41) is 3.89. The van der Waals surface area contributed by atoms with E-state index in [0.29, 0.717) is 21.7 Å². The fourth-order valence-corrected chi connectivity index (χ4v) is 5.77. The van der Waals surface area contributed by atoms with Crippen molar-refractivity contribution in [2.24, 2.45) is 5.92 Å². The molecular formula is C28H26Cl2N4O3S. The molecule has 1 aromatic heterocycles. The lowest BCUT2D eigenvalue weighted by molar-refractivity contribution is -0.116. The number of amides is 1. The number of nitrogens with one attached hydrogen (secondary N) is 1. The van der Waals surface area contributed by atoms with Crippen molar-refractivity contribution >= 4 is 45.1 Å². The molecule has 1 heterocycles. The Morgan fingerprint density at radius 2 is 1.58 bits per heavy atom. The number of aromatic nitrogens is 2. The molecule has 0 atom stereocenters. The van der Waals surface area contributed by atoms with E-state index in [1.54, 1.807) is 16.7 Å². The average molecular weight is 570 g/mol. The monoisotopic (exact) mass is 568 g/mol. The summed E-state index contributed by atoms with van der Waals surface area (Å²) in [6, 6.07) is 21.0. The van der Waals surface area contributed by atoms with Crippen LogP contribution in [-0.4, -0.2) is 41.3 Å². The predicted octanol–water partition coefficient (Wildman–Crippen LogP) is 6.19. The van der Waals surface area contributed by atoms with Crippen LogP contribution in [0, 0.1) is 12.8 Å². The first-order valence-corrected chi connectivity index (χ1v) is 14.4. The van der Waals surface area contributed by atoms with Crippen molar-refractivity contribution in [3.05, 3.63) is 94.6 Å². The quantitative estimate of drug-likeness (QED) is 0.261. The number of nitrogens with zero attached hydrogens (tertiary/aromatic N) is 3. The summed E-state index contributed by atoms with van der Waals surface area (Å²) in [6.07, 6.45) is 3.71. The molecule has 1 N–H and O–H groups in total. The van der Waals surface area contributed by atoms with Crippen LogP contribution in [0.25, 0.3) is 16.9 Å². The van der Waals surface area contributed by atoms with E-state index in [-0.39, 0.29) is 23.9 Å². The molecule has 196 valence electrons. The Morgan fingerprint density at radius 1 is 0.974 bits per heavy atom. The SMILES string of the molecule is Cc1ccc(-n2cc(-c3ccc(Cl)cc3)nc2NC(=O)CN(CC2CC2)S(=O)(=O)c2ccc(Cl)cc2)cc1. The Morgan fingerprint density at radius 3 is 2.18 bits per heavy atom. The lowest BCUT2D eigenvalue weighted by Gasteiger charge is -2.22. The van der Waals surface area contributed by atoms with Gasteiger partial charge in [0.15, 0.2) is 0 Å². The first kappa shape index (κ1) is 26.4. The van der Waals surface area contributed by atoms with E-state index >= 15 is 0 Å². The van der Waals surface area contributed by atoms with Gasteiger partial charge in [0.1, 0.15) is 0 Å². The van der Waals surface area contributed by atoms with Crippen LogP contribution in [0.3, 0.4) is 0 Å². The number of carbonyl (C=O) groups excluding carboxylic acids is 1. The highest BCUT2D eigenvalue weighted by Gasteiger charge is 2.33. The van der Waals surface area contributed by atoms with Gasteiger partial charge in [-0.15, -0.1) is 0 Å². The smallest absolute Gasteiger partial charge is 0.243 e. The molecule has 38 heavy (non-hydrogen) atoms. The highest BCUT2D eigenvalue weighted by Crippen LogP contribution is 2.32. The third-order valence-corrected chi connectivity index (χ3v) is 8.67. The van der Waals surface area contributed by atoms with E-state index in [1.807, 2.05) is 49.5 Å². The summed E-state index contributed by atoms with van der Waals surface area (Å²) in [7, 11) is -3.90. The number of halogens is 2. The maximum atomic E-state index is 13.4. The predicted molar refractivity (Wildman–Crippen MR) is 150 cm³/mol. The number of rotatable bonds is 9. The third kappa shape index (κ3) is 6.10. The number of imidazole rings is 1. The molecule has 0 saturated heterocycles. The summed E-state index contributed by atoms with van der Waals surface area (Å²) in [5.41, 5.74) is 3.38. The maximum Gasteiger partial charge on any atom is 0.243 e. The Labute approximate surface area is 232 Å². The molecule has 5 rings (SSSR count). The number of hydrogen-bond donors (Lipinski definition) is 1. The van der Waals surface area contributed by atoms with Gasteiger partial charge < -0.3 is 0 Å². The van der Waals surface area contributed by atoms with E-state index in [9.17, 15) is 13.2 Å². The second-order valence-electron chi connectivity index (χ2n) is 9.41. The van der Waals surface area contributed by atoms with Gasteiger partial charge in [-0.1, -0.05) is 53.0 Å². The fraction of sp³-hybridized carbons (Fsp3) is 0.214. The molecule has 10 heteroatoms. The molecular weight excluding hydrogens is 543 g/mol. The minimum atomic E-state index is -3.90. The van der Waals surface area contributed by atoms with Gasteiger partial charge in [0.05, 0.1) is 17.1 Å². The van der Waals surface area contributed by atoms with Crippen LogP contribution in [0.15, 0.2) is 83.9 Å². The minimum Gasteiger partial charge on any atom is -0.294 e. The van der Waals surface area contributed by atoms with E-state index < -0.39 is 15.9 Å². The van der Waals surface area contributed by atoms with Crippen molar-refractivity contribution in [3.8, 4) is 16.9 Å². The van der Waals surface area contributed by atoms with Crippen molar-refractivity contribution in [1.29, 1.82) is 0 Å². The first-order chi connectivity index (χ1) is 18.2. The lowest BCUT2D eigenvalue weighted by atomic mass is 10.2. The average Bonchev–Trinajstić information content (AvgIpc) is 3.62. The van der Waals surface area contributed by atoms with Gasteiger partial charge in [-0.2, -0.15) is 4.31 Å². The van der Waals surface area contributed by atoms with Crippen molar-refractivity contribution < 1.29 is 13.2 Å². The molecule has 0 aliphatic heterocycles. The van der Waals surface area contributed by atoms with Crippen LogP contribution in [0.2, 0.25) is 10.0 Å². The van der Waals surface area contributed by atoms with Crippen LogP contribution in [0.1, 0.15) is 18.4 Å². The zero-order valence-corrected chi connectivity index (χ0v) is 23.0. The molecule has 1 aliphatic rings. The van der Waals surface area contributed by atoms with Gasteiger partial charge in [-0.25, -0.2) is 13.4 Å². The third-order valence-electron chi connectivity index (χ3n) is 6.34. The molecule has 0 radical (unpaired) electrons. The van der Waals surface area contributed by atoms with E-state index in [4.69, 9.17) is 23.2 Å². The minimum absolute atomic E-state index is 0.0986. The van der Waals surface area contributed by atoms with Gasteiger partial charge in [-0.3, -0.25) is 14.7 Å².